The predicted molar refractivity (Wildman–Crippen MR) is 74.5 cm³/mol. The molecule has 2 unspecified atom stereocenters. The van der Waals surface area contributed by atoms with Gasteiger partial charge < -0.3 is 5.32 Å². The maximum Gasteiger partial charge on any atom is 0.262 e. The SMILES string of the molecule is O=C(NC1CCCCC1Br)c1sccc1Br. The van der Waals surface area contributed by atoms with Gasteiger partial charge in [-0.05, 0) is 40.2 Å². The van der Waals surface area contributed by atoms with Crippen LogP contribution in [0.25, 0.3) is 0 Å². The van der Waals surface area contributed by atoms with Crippen LogP contribution in [0, 0.1) is 0 Å². The van der Waals surface area contributed by atoms with E-state index in [1.165, 1.54) is 24.2 Å². The first-order valence-corrected chi connectivity index (χ1v) is 7.95. The molecule has 2 atom stereocenters. The minimum Gasteiger partial charge on any atom is -0.347 e. The maximum absolute atomic E-state index is 12.0. The highest BCUT2D eigenvalue weighted by Gasteiger charge is 2.25. The van der Waals surface area contributed by atoms with E-state index in [0.29, 0.717) is 4.83 Å². The third-order valence-corrected chi connectivity index (χ3v) is 5.75. The molecule has 0 aromatic carbocycles. The molecule has 1 N–H and O–H groups in total. The lowest BCUT2D eigenvalue weighted by molar-refractivity contribution is 0.0933. The first-order chi connectivity index (χ1) is 7.68. The number of hydrogen-bond donors (Lipinski definition) is 1. The van der Waals surface area contributed by atoms with Crippen molar-refractivity contribution in [2.24, 2.45) is 0 Å². The molecule has 1 saturated carbocycles. The van der Waals surface area contributed by atoms with E-state index in [9.17, 15) is 4.79 Å². The van der Waals surface area contributed by atoms with Gasteiger partial charge in [-0.1, -0.05) is 28.8 Å². The van der Waals surface area contributed by atoms with Crippen LogP contribution in [0.2, 0.25) is 0 Å². The third kappa shape index (κ3) is 2.87. The standard InChI is InChI=1S/C11H13Br2NOS/c12-7-3-1-2-4-9(7)14-11(15)10-8(13)5-6-16-10/h5-7,9H,1-4H2,(H,14,15). The molecule has 1 aliphatic carbocycles. The number of nitrogens with one attached hydrogen (secondary N) is 1. The van der Waals surface area contributed by atoms with Crippen molar-refractivity contribution in [3.8, 4) is 0 Å². The molecule has 1 aromatic rings. The predicted octanol–water partition coefficient (Wildman–Crippen LogP) is 3.95. The van der Waals surface area contributed by atoms with Crippen LogP contribution in [-0.4, -0.2) is 16.8 Å². The Morgan fingerprint density at radius 1 is 1.44 bits per heavy atom. The second kappa shape index (κ2) is 5.65. The zero-order chi connectivity index (χ0) is 11.5. The van der Waals surface area contributed by atoms with Crippen LogP contribution in [0.3, 0.4) is 0 Å². The molecule has 16 heavy (non-hydrogen) atoms. The quantitative estimate of drug-likeness (QED) is 0.789. The van der Waals surface area contributed by atoms with Gasteiger partial charge in [0.25, 0.3) is 5.91 Å². The van der Waals surface area contributed by atoms with Crippen LogP contribution in [0.5, 0.6) is 0 Å². The zero-order valence-corrected chi connectivity index (χ0v) is 12.7. The topological polar surface area (TPSA) is 29.1 Å². The molecule has 0 saturated heterocycles. The molecule has 0 radical (unpaired) electrons. The van der Waals surface area contributed by atoms with Gasteiger partial charge >= 0.3 is 0 Å². The summed E-state index contributed by atoms with van der Waals surface area (Å²) in [6.07, 6.45) is 4.69. The van der Waals surface area contributed by atoms with Crippen LogP contribution in [0.4, 0.5) is 0 Å². The minimum atomic E-state index is 0.0400. The molecule has 5 heteroatoms. The van der Waals surface area contributed by atoms with Gasteiger partial charge in [-0.3, -0.25) is 4.79 Å². The average Bonchev–Trinajstić information content (AvgIpc) is 2.68. The summed E-state index contributed by atoms with van der Waals surface area (Å²) in [6, 6.07) is 2.18. The molecule has 1 aliphatic rings. The van der Waals surface area contributed by atoms with E-state index >= 15 is 0 Å². The Morgan fingerprint density at radius 3 is 2.81 bits per heavy atom. The van der Waals surface area contributed by atoms with Crippen LogP contribution in [0.15, 0.2) is 15.9 Å². The first-order valence-electron chi connectivity index (χ1n) is 5.36. The van der Waals surface area contributed by atoms with Crippen molar-refractivity contribution in [3.63, 3.8) is 0 Å². The molecule has 2 nitrogen and oxygen atoms in total. The van der Waals surface area contributed by atoms with E-state index in [-0.39, 0.29) is 11.9 Å². The van der Waals surface area contributed by atoms with Gasteiger partial charge in [0.15, 0.2) is 0 Å². The number of alkyl halides is 1. The number of carbonyl (C=O) groups is 1. The molecule has 0 spiro atoms. The third-order valence-electron chi connectivity index (χ3n) is 2.82. The van der Waals surface area contributed by atoms with Gasteiger partial charge in [-0.2, -0.15) is 0 Å². The van der Waals surface area contributed by atoms with E-state index in [0.717, 1.165) is 22.2 Å². The molecule has 2 rings (SSSR count). The Balaban J connectivity index is 1.99. The van der Waals surface area contributed by atoms with E-state index < -0.39 is 0 Å². The van der Waals surface area contributed by atoms with Crippen LogP contribution in [-0.2, 0) is 0 Å². The number of carbonyl (C=O) groups excluding carboxylic acids is 1. The number of amides is 1. The summed E-state index contributed by atoms with van der Waals surface area (Å²) in [5, 5.41) is 5.03. The second-order valence-electron chi connectivity index (χ2n) is 3.98. The number of hydrogen-bond acceptors (Lipinski definition) is 2. The van der Waals surface area contributed by atoms with Crippen LogP contribution < -0.4 is 5.32 Å². The summed E-state index contributed by atoms with van der Waals surface area (Å²) in [4.78, 5) is 13.2. The van der Waals surface area contributed by atoms with Crippen LogP contribution in [0.1, 0.15) is 35.4 Å². The fraction of sp³-hybridized carbons (Fsp3) is 0.545. The Labute approximate surface area is 116 Å². The Kier molecular flexibility index (Phi) is 4.44. The molecule has 1 aromatic heterocycles. The lowest BCUT2D eigenvalue weighted by Crippen LogP contribution is -2.42. The molecule has 0 bridgehead atoms. The van der Waals surface area contributed by atoms with Gasteiger partial charge in [-0.25, -0.2) is 0 Å². The highest BCUT2D eigenvalue weighted by atomic mass is 79.9. The summed E-state index contributed by atoms with van der Waals surface area (Å²) in [7, 11) is 0. The molecular formula is C11H13Br2NOS. The molecule has 1 heterocycles. The van der Waals surface area contributed by atoms with Crippen molar-refractivity contribution >= 4 is 49.1 Å². The first kappa shape index (κ1) is 12.6. The number of thiophene rings is 1. The van der Waals surface area contributed by atoms with Crippen molar-refractivity contribution in [1.82, 2.24) is 5.32 Å². The van der Waals surface area contributed by atoms with Gasteiger partial charge in [0.05, 0.1) is 0 Å². The van der Waals surface area contributed by atoms with E-state index in [2.05, 4.69) is 37.2 Å². The highest BCUT2D eigenvalue weighted by molar-refractivity contribution is 9.10. The van der Waals surface area contributed by atoms with Gasteiger partial charge in [0.1, 0.15) is 4.88 Å². The fourth-order valence-electron chi connectivity index (χ4n) is 1.94. The smallest absolute Gasteiger partial charge is 0.262 e. The lowest BCUT2D eigenvalue weighted by Gasteiger charge is -2.28. The van der Waals surface area contributed by atoms with E-state index in [1.807, 2.05) is 11.4 Å². The monoisotopic (exact) mass is 365 g/mol. The highest BCUT2D eigenvalue weighted by Crippen LogP contribution is 2.26. The second-order valence-corrected chi connectivity index (χ2v) is 6.92. The van der Waals surface area contributed by atoms with Crippen LogP contribution >= 0.6 is 43.2 Å². The van der Waals surface area contributed by atoms with Crippen molar-refractivity contribution < 1.29 is 4.79 Å². The molecule has 0 aliphatic heterocycles. The normalized spacial score (nSPS) is 25.4. The van der Waals surface area contributed by atoms with Gasteiger partial charge in [0.2, 0.25) is 0 Å². The van der Waals surface area contributed by atoms with Crippen molar-refractivity contribution in [2.75, 3.05) is 0 Å². The maximum atomic E-state index is 12.0. The van der Waals surface area contributed by atoms with Gasteiger partial charge in [-0.15, -0.1) is 11.3 Å². The summed E-state index contributed by atoms with van der Waals surface area (Å²) in [6.45, 7) is 0. The molecule has 1 amide bonds. The minimum absolute atomic E-state index is 0.0400. The summed E-state index contributed by atoms with van der Waals surface area (Å²) >= 11 is 8.50. The molecule has 1 fully saturated rings. The zero-order valence-electron chi connectivity index (χ0n) is 8.71. The van der Waals surface area contributed by atoms with E-state index in [4.69, 9.17) is 0 Å². The molecular weight excluding hydrogens is 354 g/mol. The lowest BCUT2D eigenvalue weighted by atomic mass is 9.95. The largest absolute Gasteiger partial charge is 0.347 e. The Hall–Kier alpha value is 0.130. The summed E-state index contributed by atoms with van der Waals surface area (Å²) in [5.41, 5.74) is 0. The van der Waals surface area contributed by atoms with Crippen molar-refractivity contribution in [3.05, 3.63) is 20.8 Å². The van der Waals surface area contributed by atoms with E-state index in [1.54, 1.807) is 0 Å². The Bertz CT molecular complexity index is 380. The fourth-order valence-corrected chi connectivity index (χ4v) is 4.11. The van der Waals surface area contributed by atoms with Gasteiger partial charge in [0, 0.05) is 15.3 Å². The van der Waals surface area contributed by atoms with Crippen molar-refractivity contribution in [2.45, 2.75) is 36.6 Å². The number of rotatable bonds is 2. The summed E-state index contributed by atoms with van der Waals surface area (Å²) in [5.74, 6) is 0.0400. The molecule has 88 valence electrons. The summed E-state index contributed by atoms with van der Waals surface area (Å²) < 4.78 is 0.886. The van der Waals surface area contributed by atoms with Crippen molar-refractivity contribution in [1.29, 1.82) is 0 Å². The average molecular weight is 367 g/mol. The Morgan fingerprint density at radius 2 is 2.19 bits per heavy atom. The number of halogens is 2.